The van der Waals surface area contributed by atoms with E-state index in [1.54, 1.807) is 72.2 Å². The Labute approximate surface area is 213 Å². The molecule has 0 aromatic heterocycles. The molecule has 5 rings (SSSR count). The van der Waals surface area contributed by atoms with E-state index in [9.17, 15) is 14.4 Å². The molecule has 188 valence electrons. The molecule has 0 bridgehead atoms. The zero-order chi connectivity index (χ0) is 25.8. The Bertz CT molecular complexity index is 1360. The van der Waals surface area contributed by atoms with E-state index in [0.29, 0.717) is 33.8 Å². The molecule has 1 fully saturated rings. The molecule has 3 aromatic carbocycles. The van der Waals surface area contributed by atoms with Crippen LogP contribution in [0, 0.1) is 0 Å². The van der Waals surface area contributed by atoms with Gasteiger partial charge >= 0.3 is 0 Å². The highest BCUT2D eigenvalue weighted by atomic mass is 16.7. The van der Waals surface area contributed by atoms with Gasteiger partial charge in [0.2, 0.25) is 6.79 Å². The lowest BCUT2D eigenvalue weighted by Gasteiger charge is -2.10. The van der Waals surface area contributed by atoms with Crippen molar-refractivity contribution in [1.82, 2.24) is 16.1 Å². The number of carbonyl (C=O) groups is 3. The summed E-state index contributed by atoms with van der Waals surface area (Å²) in [5, 5.41) is 14.6. The van der Waals surface area contributed by atoms with Crippen LogP contribution in [-0.4, -0.2) is 35.8 Å². The van der Waals surface area contributed by atoms with E-state index in [2.05, 4.69) is 10.6 Å². The zero-order valence-corrected chi connectivity index (χ0v) is 19.8. The van der Waals surface area contributed by atoms with Crippen LogP contribution >= 0.6 is 0 Å². The van der Waals surface area contributed by atoms with Crippen LogP contribution in [0.25, 0.3) is 11.6 Å². The summed E-state index contributed by atoms with van der Waals surface area (Å²) in [4.78, 5) is 37.1. The molecule has 0 atom stereocenters. The van der Waals surface area contributed by atoms with Crippen molar-refractivity contribution in [2.75, 3.05) is 6.79 Å². The fraction of sp³-hybridized carbons (Fsp3) is 0.179. The van der Waals surface area contributed by atoms with Crippen molar-refractivity contribution in [2.24, 2.45) is 0 Å². The molecule has 2 aliphatic rings. The number of hydrogen-bond donors (Lipinski definition) is 4. The van der Waals surface area contributed by atoms with Gasteiger partial charge in [0.05, 0.1) is 0 Å². The van der Waals surface area contributed by atoms with Crippen molar-refractivity contribution in [3.63, 3.8) is 0 Å². The van der Waals surface area contributed by atoms with Gasteiger partial charge in [0.25, 0.3) is 17.7 Å². The van der Waals surface area contributed by atoms with Crippen molar-refractivity contribution >= 4 is 29.4 Å². The van der Waals surface area contributed by atoms with Crippen LogP contribution in [0.1, 0.15) is 50.2 Å². The topological polar surface area (TPSA) is 126 Å². The van der Waals surface area contributed by atoms with Gasteiger partial charge in [-0.3, -0.25) is 19.6 Å². The highest BCUT2D eigenvalue weighted by molar-refractivity contribution is 6.24. The third-order valence-corrected chi connectivity index (χ3v) is 6.10. The number of carbonyl (C=O) groups excluding carboxylic acids is 3. The summed E-state index contributed by atoms with van der Waals surface area (Å²) in [6, 6.07) is 19.1. The van der Waals surface area contributed by atoms with Gasteiger partial charge in [-0.05, 0) is 72.0 Å². The molecular formula is C28H25N3O6. The van der Waals surface area contributed by atoms with E-state index in [-0.39, 0.29) is 31.2 Å². The first-order chi connectivity index (χ1) is 18.0. The van der Waals surface area contributed by atoms with Crippen LogP contribution in [0.3, 0.4) is 0 Å². The monoisotopic (exact) mass is 499 g/mol. The van der Waals surface area contributed by atoms with Gasteiger partial charge in [-0.2, -0.15) is 0 Å². The van der Waals surface area contributed by atoms with Crippen LogP contribution < -0.4 is 25.6 Å². The van der Waals surface area contributed by atoms with Gasteiger partial charge in [0.1, 0.15) is 0 Å². The van der Waals surface area contributed by atoms with Gasteiger partial charge < -0.3 is 20.1 Å². The number of benzene rings is 3. The van der Waals surface area contributed by atoms with Crippen LogP contribution in [-0.2, 0) is 11.3 Å². The van der Waals surface area contributed by atoms with Crippen molar-refractivity contribution in [3.05, 3.63) is 94.5 Å². The number of hydrogen-bond acceptors (Lipinski definition) is 6. The summed E-state index contributed by atoms with van der Waals surface area (Å²) >= 11 is 0. The summed E-state index contributed by atoms with van der Waals surface area (Å²) in [6.07, 6.45) is 3.75. The molecule has 1 aliphatic carbocycles. The van der Waals surface area contributed by atoms with E-state index < -0.39 is 5.91 Å². The predicted molar refractivity (Wildman–Crippen MR) is 135 cm³/mol. The molecule has 0 unspecified atom stereocenters. The largest absolute Gasteiger partial charge is 0.454 e. The van der Waals surface area contributed by atoms with Crippen molar-refractivity contribution in [2.45, 2.75) is 25.4 Å². The summed E-state index contributed by atoms with van der Waals surface area (Å²) in [5.74, 6) is 0.228. The molecule has 1 aliphatic heterocycles. The molecule has 1 heterocycles. The van der Waals surface area contributed by atoms with Crippen LogP contribution in [0.5, 0.6) is 11.5 Å². The number of fused-ring (bicyclic) bond motifs is 1. The first kappa shape index (κ1) is 24.1. The average Bonchev–Trinajstić information content (AvgIpc) is 3.62. The van der Waals surface area contributed by atoms with Crippen molar-refractivity contribution < 1.29 is 29.1 Å². The Kier molecular flexibility index (Phi) is 6.87. The SMILES string of the molecule is O=C(NC1CC1)C(=Cc1ccc(C(=O)NCc2ccc(C(=O)NO)cc2)cc1)c1ccc2c(c1)OCO2. The van der Waals surface area contributed by atoms with Gasteiger partial charge in [0.15, 0.2) is 11.5 Å². The molecule has 9 heteroatoms. The molecule has 0 spiro atoms. The minimum atomic E-state index is -0.601. The molecule has 4 N–H and O–H groups in total. The van der Waals surface area contributed by atoms with Crippen LogP contribution in [0.2, 0.25) is 0 Å². The van der Waals surface area contributed by atoms with E-state index >= 15 is 0 Å². The molecule has 0 saturated heterocycles. The van der Waals surface area contributed by atoms with Crippen molar-refractivity contribution in [1.29, 1.82) is 0 Å². The lowest BCUT2D eigenvalue weighted by atomic mass is 10.0. The third kappa shape index (κ3) is 5.79. The summed E-state index contributed by atoms with van der Waals surface area (Å²) < 4.78 is 10.9. The molecule has 1 saturated carbocycles. The second kappa shape index (κ2) is 10.5. The maximum Gasteiger partial charge on any atom is 0.274 e. The Morgan fingerprint density at radius 2 is 1.49 bits per heavy atom. The van der Waals surface area contributed by atoms with E-state index in [0.717, 1.165) is 24.0 Å². The molecule has 3 aromatic rings. The number of nitrogens with one attached hydrogen (secondary N) is 3. The summed E-state index contributed by atoms with van der Waals surface area (Å²) in [7, 11) is 0. The highest BCUT2D eigenvalue weighted by Crippen LogP contribution is 2.35. The number of hydroxylamine groups is 1. The second-order valence-corrected chi connectivity index (χ2v) is 8.82. The fourth-order valence-corrected chi connectivity index (χ4v) is 3.86. The average molecular weight is 500 g/mol. The standard InChI is InChI=1S/C28H25N3O6/c32-26(29-15-18-3-7-20(8-4-18)27(33)31-35)19-5-1-17(2-6-19)13-23(28(34)30-22-10-11-22)21-9-12-24-25(14-21)37-16-36-24/h1-9,12-14,22,35H,10-11,15-16H2,(H,29,32)(H,30,34)(H,31,33). The smallest absolute Gasteiger partial charge is 0.274 e. The minimum Gasteiger partial charge on any atom is -0.454 e. The lowest BCUT2D eigenvalue weighted by molar-refractivity contribution is -0.115. The Balaban J connectivity index is 1.28. The summed E-state index contributed by atoms with van der Waals surface area (Å²) in [6.45, 7) is 0.429. The van der Waals surface area contributed by atoms with Crippen LogP contribution in [0.4, 0.5) is 0 Å². The lowest BCUT2D eigenvalue weighted by Crippen LogP contribution is -2.26. The molecule has 9 nitrogen and oxygen atoms in total. The predicted octanol–water partition coefficient (Wildman–Crippen LogP) is 3.28. The molecule has 37 heavy (non-hydrogen) atoms. The summed E-state index contributed by atoms with van der Waals surface area (Å²) in [5.41, 5.74) is 5.15. The Morgan fingerprint density at radius 1 is 0.838 bits per heavy atom. The van der Waals surface area contributed by atoms with E-state index in [1.165, 1.54) is 0 Å². The van der Waals surface area contributed by atoms with Gasteiger partial charge in [-0.25, -0.2) is 5.48 Å². The third-order valence-electron chi connectivity index (χ3n) is 6.10. The highest BCUT2D eigenvalue weighted by Gasteiger charge is 2.26. The van der Waals surface area contributed by atoms with Gasteiger partial charge in [-0.15, -0.1) is 0 Å². The van der Waals surface area contributed by atoms with Crippen LogP contribution in [0.15, 0.2) is 66.7 Å². The second-order valence-electron chi connectivity index (χ2n) is 8.82. The van der Waals surface area contributed by atoms with Gasteiger partial charge in [-0.1, -0.05) is 30.3 Å². The minimum absolute atomic E-state index is 0.155. The number of amides is 3. The Hall–Kier alpha value is -4.63. The zero-order valence-electron chi connectivity index (χ0n) is 19.8. The molecule has 3 amide bonds. The molecule has 0 radical (unpaired) electrons. The van der Waals surface area contributed by atoms with Crippen molar-refractivity contribution in [3.8, 4) is 11.5 Å². The maximum atomic E-state index is 13.0. The normalized spacial score (nSPS) is 14.1. The number of rotatable bonds is 8. The fourth-order valence-electron chi connectivity index (χ4n) is 3.86. The van der Waals surface area contributed by atoms with E-state index in [1.807, 2.05) is 6.07 Å². The van der Waals surface area contributed by atoms with E-state index in [4.69, 9.17) is 14.7 Å². The quantitative estimate of drug-likeness (QED) is 0.163. The molecular weight excluding hydrogens is 474 g/mol. The number of ether oxygens (including phenoxy) is 2. The Morgan fingerprint density at radius 3 is 2.19 bits per heavy atom. The first-order valence-corrected chi connectivity index (χ1v) is 11.8. The first-order valence-electron chi connectivity index (χ1n) is 11.8. The maximum absolute atomic E-state index is 13.0. The van der Waals surface area contributed by atoms with Gasteiger partial charge in [0, 0.05) is 29.3 Å².